The maximum Gasteiger partial charge on any atom is 0.317 e. The maximum atomic E-state index is 12.5. The van der Waals surface area contributed by atoms with Gasteiger partial charge in [0.2, 0.25) is 11.8 Å². The van der Waals surface area contributed by atoms with E-state index in [1.807, 2.05) is 53.4 Å². The molecule has 2 aromatic carbocycles. The van der Waals surface area contributed by atoms with E-state index >= 15 is 0 Å². The molecule has 3 aromatic rings. The summed E-state index contributed by atoms with van der Waals surface area (Å²) in [5.74, 6) is 1.30. The molecule has 1 aliphatic heterocycles. The molecule has 0 unspecified atom stereocenters. The molecule has 1 aliphatic rings. The zero-order chi connectivity index (χ0) is 22.2. The summed E-state index contributed by atoms with van der Waals surface area (Å²) in [6.07, 6.45) is 3.94. The molecular weight excluding hydrogens is 404 g/mol. The number of piperazine rings is 1. The number of carbonyl (C=O) groups is 2. The molecule has 0 saturated carbocycles. The average molecular weight is 433 g/mol. The van der Waals surface area contributed by atoms with Gasteiger partial charge in [0.05, 0.1) is 12.7 Å². The second-order valence-electron chi connectivity index (χ2n) is 7.85. The van der Waals surface area contributed by atoms with Crippen molar-refractivity contribution >= 4 is 11.9 Å². The Hall–Kier alpha value is -3.61. The van der Waals surface area contributed by atoms with Gasteiger partial charge in [-0.1, -0.05) is 60.7 Å². The molecule has 0 aliphatic carbocycles. The van der Waals surface area contributed by atoms with Gasteiger partial charge in [-0.2, -0.15) is 0 Å². The highest BCUT2D eigenvalue weighted by Crippen LogP contribution is 2.19. The van der Waals surface area contributed by atoms with Crippen molar-refractivity contribution in [2.45, 2.75) is 25.8 Å². The molecule has 1 fully saturated rings. The van der Waals surface area contributed by atoms with Crippen LogP contribution in [-0.4, -0.2) is 52.9 Å². The van der Waals surface area contributed by atoms with Gasteiger partial charge in [-0.25, -0.2) is 9.78 Å². The van der Waals surface area contributed by atoms with Crippen molar-refractivity contribution in [3.05, 3.63) is 78.3 Å². The van der Waals surface area contributed by atoms with Crippen LogP contribution in [-0.2, 0) is 17.8 Å². The van der Waals surface area contributed by atoms with Crippen LogP contribution in [0.1, 0.15) is 24.3 Å². The minimum atomic E-state index is -0.166. The van der Waals surface area contributed by atoms with Crippen molar-refractivity contribution in [1.29, 1.82) is 0 Å². The molecule has 0 spiro atoms. The molecular formula is C25H28N4O3. The van der Waals surface area contributed by atoms with E-state index in [-0.39, 0.29) is 18.5 Å². The Kier molecular flexibility index (Phi) is 7.17. The van der Waals surface area contributed by atoms with Crippen LogP contribution in [0.5, 0.6) is 0 Å². The standard InChI is InChI=1S/C25H28N4O3/c30-24(13-7-10-20-8-3-1-4-9-20)28-14-16-29(17-15-28)25(31)27-19-23-26-18-22(32-23)21-11-5-2-6-12-21/h1-6,8-9,11-12,18H,7,10,13-17,19H2,(H,27,31). The Bertz CT molecular complexity index is 1010. The van der Waals surface area contributed by atoms with Gasteiger partial charge in [0, 0.05) is 38.2 Å². The Balaban J connectivity index is 1.17. The van der Waals surface area contributed by atoms with Gasteiger partial charge in [0.25, 0.3) is 0 Å². The smallest absolute Gasteiger partial charge is 0.317 e. The van der Waals surface area contributed by atoms with E-state index < -0.39 is 0 Å². The number of oxazole rings is 1. The fraction of sp³-hybridized carbons (Fsp3) is 0.320. The summed E-state index contributed by atoms with van der Waals surface area (Å²) in [5.41, 5.74) is 2.20. The van der Waals surface area contributed by atoms with Crippen molar-refractivity contribution in [3.63, 3.8) is 0 Å². The molecule has 4 rings (SSSR count). The van der Waals surface area contributed by atoms with Crippen LogP contribution in [0.25, 0.3) is 11.3 Å². The summed E-state index contributed by atoms with van der Waals surface area (Å²) in [6, 6.07) is 19.8. The van der Waals surface area contributed by atoms with Crippen molar-refractivity contribution in [2.75, 3.05) is 26.2 Å². The Morgan fingerprint density at radius 3 is 2.28 bits per heavy atom. The number of nitrogens with zero attached hydrogens (tertiary/aromatic N) is 3. The number of aromatic nitrogens is 1. The molecule has 32 heavy (non-hydrogen) atoms. The molecule has 2 heterocycles. The maximum absolute atomic E-state index is 12.5. The number of rotatable bonds is 7. The highest BCUT2D eigenvalue weighted by atomic mass is 16.4. The minimum absolute atomic E-state index is 0.161. The van der Waals surface area contributed by atoms with Crippen molar-refractivity contribution in [2.24, 2.45) is 0 Å². The van der Waals surface area contributed by atoms with E-state index in [9.17, 15) is 9.59 Å². The van der Waals surface area contributed by atoms with Gasteiger partial charge < -0.3 is 19.5 Å². The zero-order valence-corrected chi connectivity index (χ0v) is 18.1. The lowest BCUT2D eigenvalue weighted by atomic mass is 10.1. The quantitative estimate of drug-likeness (QED) is 0.617. The highest BCUT2D eigenvalue weighted by Gasteiger charge is 2.24. The van der Waals surface area contributed by atoms with Gasteiger partial charge in [0.1, 0.15) is 0 Å². The molecule has 7 heteroatoms. The number of benzene rings is 2. The second kappa shape index (κ2) is 10.6. The third-order valence-electron chi connectivity index (χ3n) is 5.62. The van der Waals surface area contributed by atoms with Crippen LogP contribution in [0.4, 0.5) is 4.79 Å². The predicted octanol–water partition coefficient (Wildman–Crippen LogP) is 3.72. The Labute approximate surface area is 188 Å². The van der Waals surface area contributed by atoms with E-state index in [4.69, 9.17) is 4.42 Å². The molecule has 0 atom stereocenters. The van der Waals surface area contributed by atoms with E-state index in [0.717, 1.165) is 18.4 Å². The summed E-state index contributed by atoms with van der Waals surface area (Å²) < 4.78 is 5.73. The molecule has 1 saturated heterocycles. The summed E-state index contributed by atoms with van der Waals surface area (Å²) >= 11 is 0. The van der Waals surface area contributed by atoms with Gasteiger partial charge >= 0.3 is 6.03 Å². The van der Waals surface area contributed by atoms with Crippen molar-refractivity contribution in [1.82, 2.24) is 20.1 Å². The van der Waals surface area contributed by atoms with Crippen LogP contribution in [0, 0.1) is 0 Å². The molecule has 166 valence electrons. The fourth-order valence-corrected chi connectivity index (χ4v) is 3.80. The summed E-state index contributed by atoms with van der Waals surface area (Å²) in [7, 11) is 0. The van der Waals surface area contributed by atoms with Gasteiger partial charge in [0.15, 0.2) is 5.76 Å². The first-order valence-corrected chi connectivity index (χ1v) is 11.0. The van der Waals surface area contributed by atoms with Gasteiger partial charge in [-0.15, -0.1) is 0 Å². The number of hydrogen-bond acceptors (Lipinski definition) is 4. The summed E-state index contributed by atoms with van der Waals surface area (Å²) in [6.45, 7) is 2.40. The first-order valence-electron chi connectivity index (χ1n) is 11.0. The minimum Gasteiger partial charge on any atom is -0.439 e. The van der Waals surface area contributed by atoms with Crippen LogP contribution in [0.15, 0.2) is 71.3 Å². The normalized spacial score (nSPS) is 13.8. The zero-order valence-electron chi connectivity index (χ0n) is 18.1. The van der Waals surface area contributed by atoms with Crippen LogP contribution >= 0.6 is 0 Å². The molecule has 1 aromatic heterocycles. The van der Waals surface area contributed by atoms with Crippen LogP contribution < -0.4 is 5.32 Å². The number of hydrogen-bond donors (Lipinski definition) is 1. The first-order chi connectivity index (χ1) is 15.7. The van der Waals surface area contributed by atoms with Gasteiger partial charge in [-0.3, -0.25) is 4.79 Å². The average Bonchev–Trinajstić information content (AvgIpc) is 3.33. The van der Waals surface area contributed by atoms with E-state index in [1.54, 1.807) is 11.1 Å². The third-order valence-corrected chi connectivity index (χ3v) is 5.62. The monoisotopic (exact) mass is 432 g/mol. The lowest BCUT2D eigenvalue weighted by Crippen LogP contribution is -2.53. The number of nitrogens with one attached hydrogen (secondary N) is 1. The molecule has 3 amide bonds. The van der Waals surface area contributed by atoms with Crippen LogP contribution in [0.2, 0.25) is 0 Å². The summed E-state index contributed by atoms with van der Waals surface area (Å²) in [5, 5.41) is 2.86. The Morgan fingerprint density at radius 2 is 1.56 bits per heavy atom. The van der Waals surface area contributed by atoms with Crippen molar-refractivity contribution in [3.8, 4) is 11.3 Å². The highest BCUT2D eigenvalue weighted by molar-refractivity contribution is 5.77. The number of aryl methyl sites for hydroxylation is 1. The molecule has 0 bridgehead atoms. The number of urea groups is 1. The van der Waals surface area contributed by atoms with Crippen molar-refractivity contribution < 1.29 is 14.0 Å². The lowest BCUT2D eigenvalue weighted by molar-refractivity contribution is -0.132. The Morgan fingerprint density at radius 1 is 0.906 bits per heavy atom. The first kappa shape index (κ1) is 21.6. The largest absolute Gasteiger partial charge is 0.439 e. The van der Waals surface area contributed by atoms with E-state index in [0.29, 0.717) is 44.3 Å². The van der Waals surface area contributed by atoms with Gasteiger partial charge in [-0.05, 0) is 18.4 Å². The number of carbonyl (C=O) groups excluding carboxylic acids is 2. The SMILES string of the molecule is O=C(CCCc1ccccc1)N1CCN(C(=O)NCc2ncc(-c3ccccc3)o2)CC1. The van der Waals surface area contributed by atoms with Crippen LogP contribution in [0.3, 0.4) is 0 Å². The molecule has 7 nitrogen and oxygen atoms in total. The molecule has 0 radical (unpaired) electrons. The second-order valence-corrected chi connectivity index (χ2v) is 7.85. The van der Waals surface area contributed by atoms with E-state index in [1.165, 1.54) is 5.56 Å². The lowest BCUT2D eigenvalue weighted by Gasteiger charge is -2.34. The predicted molar refractivity (Wildman–Crippen MR) is 122 cm³/mol. The van der Waals surface area contributed by atoms with E-state index in [2.05, 4.69) is 22.4 Å². The summed E-state index contributed by atoms with van der Waals surface area (Å²) in [4.78, 5) is 32.8. The fourth-order valence-electron chi connectivity index (χ4n) is 3.80. The molecule has 1 N–H and O–H groups in total. The topological polar surface area (TPSA) is 78.7 Å². The number of amides is 3. The third kappa shape index (κ3) is 5.75.